The third-order valence-corrected chi connectivity index (χ3v) is 5.60. The average Bonchev–Trinajstić information content (AvgIpc) is 2.78. The molecule has 34 heavy (non-hydrogen) atoms. The first kappa shape index (κ1) is 23.4. The Morgan fingerprint density at radius 2 is 1.38 bits per heavy atom. The lowest BCUT2D eigenvalue weighted by atomic mass is 9.92. The second kappa shape index (κ2) is 8.55. The second-order valence-electron chi connectivity index (χ2n) is 7.73. The van der Waals surface area contributed by atoms with Crippen LogP contribution in [0.2, 0.25) is 0 Å². The Balaban J connectivity index is 1.80. The number of amides is 2. The average molecular weight is 476 g/mol. The third-order valence-electron chi connectivity index (χ3n) is 5.60. The van der Waals surface area contributed by atoms with Gasteiger partial charge in [0.15, 0.2) is 0 Å². The van der Waals surface area contributed by atoms with Gasteiger partial charge in [-0.15, -0.1) is 0 Å². The van der Waals surface area contributed by atoms with Crippen LogP contribution in [0.4, 0.5) is 36.8 Å². The van der Waals surface area contributed by atoms with E-state index in [-0.39, 0.29) is 12.2 Å². The molecular weight excluding hydrogens is 458 g/mol. The topological polar surface area (TPSA) is 32.3 Å². The molecule has 0 spiro atoms. The van der Waals surface area contributed by atoms with E-state index in [9.17, 15) is 31.1 Å². The molecule has 0 saturated heterocycles. The van der Waals surface area contributed by atoms with Crippen LogP contribution in [-0.4, -0.2) is 12.6 Å². The highest BCUT2D eigenvalue weighted by atomic mass is 19.4. The Kier molecular flexibility index (Phi) is 5.89. The van der Waals surface area contributed by atoms with Gasteiger partial charge in [0.1, 0.15) is 0 Å². The zero-order valence-electron chi connectivity index (χ0n) is 17.8. The molecule has 0 saturated carbocycles. The highest BCUT2D eigenvalue weighted by molar-refractivity contribution is 6.02. The van der Waals surface area contributed by atoms with Gasteiger partial charge in [-0.25, -0.2) is 4.79 Å². The molecule has 3 aromatic rings. The van der Waals surface area contributed by atoms with Gasteiger partial charge in [-0.2, -0.15) is 26.3 Å². The van der Waals surface area contributed by atoms with Crippen LogP contribution in [0.25, 0.3) is 16.7 Å². The molecule has 1 N–H and O–H groups in total. The highest BCUT2D eigenvalue weighted by Gasteiger charge is 2.33. The zero-order valence-corrected chi connectivity index (χ0v) is 17.8. The van der Waals surface area contributed by atoms with Crippen LogP contribution in [0, 0.1) is 0 Å². The molecule has 176 valence electrons. The van der Waals surface area contributed by atoms with E-state index in [2.05, 4.69) is 5.32 Å². The second-order valence-corrected chi connectivity index (χ2v) is 7.73. The van der Waals surface area contributed by atoms with Crippen LogP contribution in [0.3, 0.4) is 0 Å². The van der Waals surface area contributed by atoms with Crippen LogP contribution in [-0.2, 0) is 12.4 Å². The molecule has 0 aliphatic carbocycles. The molecule has 0 atom stereocenters. The first-order valence-corrected chi connectivity index (χ1v) is 10.2. The Hall–Kier alpha value is -3.75. The van der Waals surface area contributed by atoms with Crippen molar-refractivity contribution >= 4 is 17.3 Å². The van der Waals surface area contributed by atoms with Gasteiger partial charge in [-0.05, 0) is 59.5 Å². The molecule has 2 amide bonds. The molecule has 4 rings (SSSR count). The van der Waals surface area contributed by atoms with E-state index in [1.165, 1.54) is 24.3 Å². The molecule has 0 radical (unpaired) electrons. The van der Waals surface area contributed by atoms with Gasteiger partial charge in [0, 0.05) is 12.2 Å². The standard InChI is InChI=1S/C25H18F6N2O/c1-15-22(14-32-23(34)33(15)19-6-4-5-18(13-19)25(29,30)31)21-8-3-2-7-20(21)16-9-11-17(12-10-16)24(26,27)28/h2-13H,14H2,1H3,(H,32,34). The van der Waals surface area contributed by atoms with Gasteiger partial charge in [0.25, 0.3) is 0 Å². The third kappa shape index (κ3) is 4.50. The minimum atomic E-state index is -4.57. The van der Waals surface area contributed by atoms with E-state index in [1.54, 1.807) is 31.2 Å². The number of carbonyl (C=O) groups is 1. The van der Waals surface area contributed by atoms with Gasteiger partial charge < -0.3 is 5.32 Å². The number of urea groups is 1. The number of allylic oxidation sites excluding steroid dienone is 1. The summed E-state index contributed by atoms with van der Waals surface area (Å²) in [5.41, 5.74) is 1.26. The molecule has 9 heteroatoms. The predicted molar refractivity (Wildman–Crippen MR) is 117 cm³/mol. The number of hydrogen-bond acceptors (Lipinski definition) is 1. The number of rotatable bonds is 3. The monoisotopic (exact) mass is 476 g/mol. The molecule has 0 aromatic heterocycles. The number of hydrogen-bond donors (Lipinski definition) is 1. The van der Waals surface area contributed by atoms with Crippen LogP contribution in [0.15, 0.2) is 78.5 Å². The number of nitrogens with zero attached hydrogens (tertiary/aromatic N) is 1. The van der Waals surface area contributed by atoms with Crippen molar-refractivity contribution in [2.24, 2.45) is 0 Å². The smallest absolute Gasteiger partial charge is 0.333 e. The van der Waals surface area contributed by atoms with Crippen molar-refractivity contribution in [1.82, 2.24) is 5.32 Å². The number of benzene rings is 3. The Bertz CT molecular complexity index is 1260. The van der Waals surface area contributed by atoms with Crippen molar-refractivity contribution < 1.29 is 31.1 Å². The van der Waals surface area contributed by atoms with E-state index >= 15 is 0 Å². The molecule has 3 nitrogen and oxygen atoms in total. The number of alkyl halides is 6. The summed E-state index contributed by atoms with van der Waals surface area (Å²) >= 11 is 0. The van der Waals surface area contributed by atoms with Gasteiger partial charge in [-0.3, -0.25) is 4.90 Å². The molecule has 1 heterocycles. The summed E-state index contributed by atoms with van der Waals surface area (Å²) in [6.07, 6.45) is -9.03. The molecule has 0 bridgehead atoms. The van der Waals surface area contributed by atoms with Gasteiger partial charge in [-0.1, -0.05) is 42.5 Å². The number of anilines is 1. The summed E-state index contributed by atoms with van der Waals surface area (Å²) in [5, 5.41) is 2.67. The van der Waals surface area contributed by atoms with Crippen molar-refractivity contribution in [3.05, 3.63) is 95.2 Å². The molecule has 1 aliphatic heterocycles. The van der Waals surface area contributed by atoms with Crippen LogP contribution in [0.5, 0.6) is 0 Å². The van der Waals surface area contributed by atoms with Crippen molar-refractivity contribution in [1.29, 1.82) is 0 Å². The number of nitrogens with one attached hydrogen (secondary N) is 1. The molecule has 0 unspecified atom stereocenters. The molecule has 3 aromatic carbocycles. The van der Waals surface area contributed by atoms with E-state index in [4.69, 9.17) is 0 Å². The lowest BCUT2D eigenvalue weighted by Crippen LogP contribution is -2.44. The zero-order chi connectivity index (χ0) is 24.7. The fraction of sp³-hybridized carbons (Fsp3) is 0.160. The first-order valence-electron chi connectivity index (χ1n) is 10.2. The normalized spacial score (nSPS) is 14.9. The van der Waals surface area contributed by atoms with Gasteiger partial charge in [0.2, 0.25) is 0 Å². The Morgan fingerprint density at radius 1 is 0.765 bits per heavy atom. The van der Waals surface area contributed by atoms with Gasteiger partial charge in [0.05, 0.1) is 16.8 Å². The fourth-order valence-corrected chi connectivity index (χ4v) is 3.92. The summed E-state index contributed by atoms with van der Waals surface area (Å²) in [4.78, 5) is 13.8. The first-order chi connectivity index (χ1) is 16.0. The van der Waals surface area contributed by atoms with Crippen molar-refractivity contribution in [3.63, 3.8) is 0 Å². The summed E-state index contributed by atoms with van der Waals surface area (Å²) in [6, 6.07) is 15.6. The quantitative estimate of drug-likeness (QED) is 0.394. The fourth-order valence-electron chi connectivity index (χ4n) is 3.92. The Morgan fingerprint density at radius 3 is 2.00 bits per heavy atom. The maximum Gasteiger partial charge on any atom is 0.416 e. The summed E-state index contributed by atoms with van der Waals surface area (Å²) in [7, 11) is 0. The minimum Gasteiger partial charge on any atom is -0.333 e. The maximum atomic E-state index is 13.2. The van der Waals surface area contributed by atoms with Gasteiger partial charge >= 0.3 is 18.4 Å². The summed E-state index contributed by atoms with van der Waals surface area (Å²) in [6.45, 7) is 1.73. The molecule has 1 aliphatic rings. The van der Waals surface area contributed by atoms with Crippen molar-refractivity contribution in [2.45, 2.75) is 19.3 Å². The van der Waals surface area contributed by atoms with Crippen LogP contribution in [0.1, 0.15) is 23.6 Å². The van der Waals surface area contributed by atoms with Crippen LogP contribution >= 0.6 is 0 Å². The molecule has 0 fully saturated rings. The Labute approximate surface area is 191 Å². The van der Waals surface area contributed by atoms with E-state index in [1.807, 2.05) is 0 Å². The molecular formula is C25H18F6N2O. The van der Waals surface area contributed by atoms with E-state index in [0.717, 1.165) is 29.2 Å². The minimum absolute atomic E-state index is 0.0500. The highest BCUT2D eigenvalue weighted by Crippen LogP contribution is 2.37. The van der Waals surface area contributed by atoms with Crippen LogP contribution < -0.4 is 10.2 Å². The van der Waals surface area contributed by atoms with Crippen molar-refractivity contribution in [2.75, 3.05) is 11.4 Å². The van der Waals surface area contributed by atoms with Crippen molar-refractivity contribution in [3.8, 4) is 11.1 Å². The number of halogens is 6. The van der Waals surface area contributed by atoms with E-state index in [0.29, 0.717) is 28.0 Å². The maximum absolute atomic E-state index is 13.2. The summed E-state index contributed by atoms with van der Waals surface area (Å²) < 4.78 is 78.5. The largest absolute Gasteiger partial charge is 0.416 e. The lowest BCUT2D eigenvalue weighted by molar-refractivity contribution is -0.138. The predicted octanol–water partition coefficient (Wildman–Crippen LogP) is 7.35. The lowest BCUT2D eigenvalue weighted by Gasteiger charge is -2.32. The summed E-state index contributed by atoms with van der Waals surface area (Å²) in [5.74, 6) is 0. The number of carbonyl (C=O) groups excluding carboxylic acids is 1. The SMILES string of the molecule is CC1=C(c2ccccc2-c2ccc(C(F)(F)F)cc2)CNC(=O)N1c1cccc(C(F)(F)F)c1. The van der Waals surface area contributed by atoms with E-state index < -0.39 is 29.5 Å².